The van der Waals surface area contributed by atoms with Crippen LogP contribution in [0.5, 0.6) is 5.75 Å². The zero-order chi connectivity index (χ0) is 39.6. The van der Waals surface area contributed by atoms with E-state index in [4.69, 9.17) is 10.5 Å². The Bertz CT molecular complexity index is 2100. The maximum Gasteiger partial charge on any atom is 0.248 e. The maximum atomic E-state index is 13.4. The number of hydrogen-bond acceptors (Lipinski definition) is 7. The minimum atomic E-state index is -0.941. The number of nitrogens with zero attached hydrogens (tertiary/aromatic N) is 1. The van der Waals surface area contributed by atoms with Crippen molar-refractivity contribution in [2.45, 2.75) is 56.7 Å². The number of aliphatic hydroxyl groups excluding tert-OH is 1. The number of aliphatic hydroxyl groups is 1. The monoisotopic (exact) mass is 769 g/mol. The molecule has 6 N–H and O–H groups in total. The van der Waals surface area contributed by atoms with E-state index < -0.39 is 11.5 Å². The summed E-state index contributed by atoms with van der Waals surface area (Å²) in [7, 11) is 0. The summed E-state index contributed by atoms with van der Waals surface area (Å²) in [4.78, 5) is 44.0. The molecule has 2 heterocycles. The van der Waals surface area contributed by atoms with Crippen LogP contribution >= 0.6 is 0 Å². The Morgan fingerprint density at radius 2 is 1.53 bits per heavy atom. The Morgan fingerprint density at radius 3 is 2.21 bits per heavy atom. The molecule has 4 atom stereocenters. The van der Waals surface area contributed by atoms with E-state index in [0.717, 1.165) is 72.8 Å². The highest BCUT2D eigenvalue weighted by Gasteiger charge is 2.49. The highest BCUT2D eigenvalue weighted by atomic mass is 16.5. The van der Waals surface area contributed by atoms with Gasteiger partial charge in [-0.3, -0.25) is 14.4 Å². The smallest absolute Gasteiger partial charge is 0.248 e. The lowest BCUT2D eigenvalue weighted by atomic mass is 9.64. The van der Waals surface area contributed by atoms with E-state index in [0.29, 0.717) is 62.3 Å². The number of primary amides is 1. The number of likely N-dealkylation sites (tertiary alicyclic amines) is 1. The van der Waals surface area contributed by atoms with Crippen molar-refractivity contribution in [1.29, 1.82) is 0 Å². The van der Waals surface area contributed by atoms with E-state index in [1.807, 2.05) is 103 Å². The highest BCUT2D eigenvalue weighted by molar-refractivity contribution is 5.91. The van der Waals surface area contributed by atoms with Crippen molar-refractivity contribution in [3.05, 3.63) is 148 Å². The number of nitrogens with one attached hydrogen (secondary N) is 3. The molecule has 298 valence electrons. The Balaban J connectivity index is 0.864. The minimum Gasteiger partial charge on any atom is -0.487 e. The number of aromatic nitrogens is 1. The fourth-order valence-electron chi connectivity index (χ4n) is 9.22. The highest BCUT2D eigenvalue weighted by Crippen LogP contribution is 2.43. The molecular weight excluding hydrogens is 715 g/mol. The van der Waals surface area contributed by atoms with Crippen LogP contribution in [0.2, 0.25) is 0 Å². The molecule has 0 radical (unpaired) electrons. The molecule has 5 aromatic rings. The van der Waals surface area contributed by atoms with Crippen molar-refractivity contribution in [1.82, 2.24) is 20.5 Å². The molecule has 1 saturated carbocycles. The van der Waals surface area contributed by atoms with Crippen molar-refractivity contribution in [3.63, 3.8) is 0 Å². The van der Waals surface area contributed by atoms with Crippen molar-refractivity contribution >= 4 is 22.7 Å². The Hall–Kier alpha value is -5.29. The van der Waals surface area contributed by atoms with Gasteiger partial charge in [0.15, 0.2) is 0 Å². The van der Waals surface area contributed by atoms with Crippen LogP contribution in [0.15, 0.2) is 120 Å². The van der Waals surface area contributed by atoms with Gasteiger partial charge in [-0.05, 0) is 90.9 Å². The standard InChI is InChI=1S/C47H55N5O5/c48-46(56)47(36-15-6-2-7-16-36,37-17-8-3-9-18-37)38-23-25-52(31-38)26-24-43(54)50-29-35-14-10-13-34(27-35)28-49-30-41(53)39-19-21-42(45-40(39)20-22-44(55)51-45)57-32-33-11-4-1-5-12-33/h1-9,11-12,15-22,34-35,38,41,49,53H,10,13-14,23-32H2,(H2,48,56)(H,50,54)(H,51,55). The van der Waals surface area contributed by atoms with Gasteiger partial charge in [0, 0.05) is 44.1 Å². The molecular formula is C47H55N5O5. The predicted molar refractivity (Wildman–Crippen MR) is 224 cm³/mol. The first-order valence-corrected chi connectivity index (χ1v) is 20.4. The minimum absolute atomic E-state index is 0.00746. The SMILES string of the molecule is NC(=O)C(c1ccccc1)(c1ccccc1)C1CCN(CCC(=O)NCC2CCCC(CNCC(O)c3ccc(OCc4ccccc4)c4[nH]c(=O)ccc34)C2)C1. The lowest BCUT2D eigenvalue weighted by molar-refractivity contribution is -0.124. The molecule has 2 aliphatic rings. The fraction of sp³-hybridized carbons (Fsp3) is 0.383. The van der Waals surface area contributed by atoms with E-state index in [1.165, 1.54) is 6.07 Å². The zero-order valence-electron chi connectivity index (χ0n) is 32.6. The Labute approximate surface area is 334 Å². The maximum absolute atomic E-state index is 13.4. The molecule has 1 aromatic heterocycles. The van der Waals surface area contributed by atoms with Crippen LogP contribution in [0, 0.1) is 17.8 Å². The lowest BCUT2D eigenvalue weighted by Crippen LogP contribution is -2.49. The second-order valence-electron chi connectivity index (χ2n) is 15.9. The van der Waals surface area contributed by atoms with E-state index in [2.05, 4.69) is 20.5 Å². The molecule has 1 saturated heterocycles. The van der Waals surface area contributed by atoms with Gasteiger partial charge in [-0.15, -0.1) is 0 Å². The lowest BCUT2D eigenvalue weighted by Gasteiger charge is -2.37. The predicted octanol–water partition coefficient (Wildman–Crippen LogP) is 5.84. The van der Waals surface area contributed by atoms with Gasteiger partial charge in [-0.2, -0.15) is 0 Å². The van der Waals surface area contributed by atoms with Crippen LogP contribution in [0.4, 0.5) is 0 Å². The molecule has 4 unspecified atom stereocenters. The largest absolute Gasteiger partial charge is 0.487 e. The summed E-state index contributed by atoms with van der Waals surface area (Å²) in [6.45, 7) is 4.32. The van der Waals surface area contributed by atoms with Crippen LogP contribution < -0.4 is 26.7 Å². The summed E-state index contributed by atoms with van der Waals surface area (Å²) >= 11 is 0. The van der Waals surface area contributed by atoms with E-state index in [9.17, 15) is 19.5 Å². The summed E-state index contributed by atoms with van der Waals surface area (Å²) in [5, 5.41) is 18.7. The van der Waals surface area contributed by atoms with Gasteiger partial charge in [0.2, 0.25) is 17.4 Å². The molecule has 4 aromatic carbocycles. The third-order valence-electron chi connectivity index (χ3n) is 12.1. The average Bonchev–Trinajstić information content (AvgIpc) is 3.71. The molecule has 10 heteroatoms. The zero-order valence-corrected chi connectivity index (χ0v) is 32.6. The molecule has 7 rings (SSSR count). The van der Waals surface area contributed by atoms with Crippen LogP contribution in [0.1, 0.15) is 66.9 Å². The molecule has 1 aliphatic heterocycles. The number of amides is 2. The van der Waals surface area contributed by atoms with Crippen LogP contribution in [-0.2, 0) is 21.6 Å². The number of carbonyl (C=O) groups is 2. The quantitative estimate of drug-likeness (QED) is 0.0799. The number of H-pyrrole nitrogens is 1. The van der Waals surface area contributed by atoms with E-state index in [1.54, 1.807) is 6.07 Å². The van der Waals surface area contributed by atoms with E-state index >= 15 is 0 Å². The second-order valence-corrected chi connectivity index (χ2v) is 15.9. The third-order valence-corrected chi connectivity index (χ3v) is 12.1. The molecule has 1 aliphatic carbocycles. The van der Waals surface area contributed by atoms with Crippen LogP contribution in [0.25, 0.3) is 10.9 Å². The molecule has 10 nitrogen and oxygen atoms in total. The van der Waals surface area contributed by atoms with Gasteiger partial charge in [0.1, 0.15) is 17.8 Å². The number of aromatic amines is 1. The Morgan fingerprint density at radius 1 is 0.860 bits per heavy atom. The van der Waals surface area contributed by atoms with Gasteiger partial charge in [-0.1, -0.05) is 103 Å². The molecule has 2 amide bonds. The number of nitrogens with two attached hydrogens (primary N) is 1. The number of benzene rings is 4. The topological polar surface area (TPSA) is 150 Å². The van der Waals surface area contributed by atoms with Crippen molar-refractivity contribution in [2.24, 2.45) is 23.5 Å². The normalized spacial score (nSPS) is 19.3. The van der Waals surface area contributed by atoms with Crippen molar-refractivity contribution < 1.29 is 19.4 Å². The van der Waals surface area contributed by atoms with Crippen molar-refractivity contribution in [2.75, 3.05) is 39.3 Å². The van der Waals surface area contributed by atoms with E-state index in [-0.39, 0.29) is 23.3 Å². The van der Waals surface area contributed by atoms with Gasteiger partial charge < -0.3 is 36.1 Å². The first kappa shape index (κ1) is 39.9. The number of ether oxygens (including phenoxy) is 1. The first-order chi connectivity index (χ1) is 27.8. The summed E-state index contributed by atoms with van der Waals surface area (Å²) in [5.41, 5.74) is 9.25. The van der Waals surface area contributed by atoms with Gasteiger partial charge in [-0.25, -0.2) is 0 Å². The van der Waals surface area contributed by atoms with Gasteiger partial charge in [0.05, 0.1) is 11.6 Å². The number of hydrogen-bond donors (Lipinski definition) is 5. The van der Waals surface area contributed by atoms with Gasteiger partial charge >= 0.3 is 0 Å². The molecule has 2 fully saturated rings. The van der Waals surface area contributed by atoms with Crippen LogP contribution in [-0.4, -0.2) is 66.1 Å². The summed E-state index contributed by atoms with van der Waals surface area (Å²) < 4.78 is 6.08. The number of rotatable bonds is 17. The first-order valence-electron chi connectivity index (χ1n) is 20.4. The summed E-state index contributed by atoms with van der Waals surface area (Å²) in [6.07, 6.45) is 4.78. The van der Waals surface area contributed by atoms with Gasteiger partial charge in [0.25, 0.3) is 0 Å². The van der Waals surface area contributed by atoms with Crippen molar-refractivity contribution in [3.8, 4) is 5.75 Å². The van der Waals surface area contributed by atoms with Crippen LogP contribution in [0.3, 0.4) is 0 Å². The molecule has 57 heavy (non-hydrogen) atoms. The number of pyridine rings is 1. The number of carbonyl (C=O) groups excluding carboxylic acids is 2. The number of fused-ring (bicyclic) bond motifs is 1. The molecule has 0 bridgehead atoms. The summed E-state index contributed by atoms with van der Waals surface area (Å²) in [5.74, 6) is 1.13. The Kier molecular flexibility index (Phi) is 13.1. The summed E-state index contributed by atoms with van der Waals surface area (Å²) in [6, 6.07) is 36.5. The second kappa shape index (κ2) is 18.8. The third kappa shape index (κ3) is 9.47. The molecule has 0 spiro atoms. The average molecular weight is 770 g/mol. The fourth-order valence-corrected chi connectivity index (χ4v) is 9.22.